The van der Waals surface area contributed by atoms with Crippen LogP contribution in [0.1, 0.15) is 95.4 Å². The molecule has 3 aliphatic heterocycles. The van der Waals surface area contributed by atoms with Crippen LogP contribution in [0, 0.1) is 0 Å². The van der Waals surface area contributed by atoms with Crippen molar-refractivity contribution in [3.63, 3.8) is 0 Å². The van der Waals surface area contributed by atoms with Crippen molar-refractivity contribution in [2.75, 3.05) is 9.71 Å². The zero-order valence-corrected chi connectivity index (χ0v) is 36.0. The van der Waals surface area contributed by atoms with Gasteiger partial charge in [-0.2, -0.15) is 0 Å². The third-order valence-electron chi connectivity index (χ3n) is 16.4. The van der Waals surface area contributed by atoms with E-state index in [0.717, 1.165) is 17.6 Å². The maximum atomic E-state index is 6.86. The fourth-order valence-corrected chi connectivity index (χ4v) is 13.2. The molecular formula is C57H51BN2O. The Morgan fingerprint density at radius 3 is 2.25 bits per heavy atom. The van der Waals surface area contributed by atoms with Gasteiger partial charge in [-0.05, 0) is 107 Å². The average Bonchev–Trinajstić information content (AvgIpc) is 3.84. The monoisotopic (exact) mass is 790 g/mol. The molecule has 4 heteroatoms. The summed E-state index contributed by atoms with van der Waals surface area (Å²) in [5.41, 5.74) is 23.5. The largest absolute Gasteiger partial charge is 0.456 e. The van der Waals surface area contributed by atoms with Gasteiger partial charge in [-0.1, -0.05) is 150 Å². The first-order valence-corrected chi connectivity index (χ1v) is 22.9. The summed E-state index contributed by atoms with van der Waals surface area (Å²) in [5.74, 6) is 0. The third-order valence-corrected chi connectivity index (χ3v) is 16.4. The van der Waals surface area contributed by atoms with Gasteiger partial charge in [0.15, 0.2) is 0 Å². The first-order chi connectivity index (χ1) is 29.7. The van der Waals surface area contributed by atoms with Crippen molar-refractivity contribution in [2.45, 2.75) is 95.9 Å². The molecule has 2 unspecified atom stereocenters. The second kappa shape index (κ2) is 12.3. The molecule has 2 atom stereocenters. The van der Waals surface area contributed by atoms with Crippen molar-refractivity contribution in [3.8, 4) is 33.4 Å². The summed E-state index contributed by atoms with van der Waals surface area (Å²) in [5, 5.41) is 2.37. The van der Waals surface area contributed by atoms with Crippen LogP contribution in [-0.4, -0.2) is 12.4 Å². The van der Waals surface area contributed by atoms with Crippen LogP contribution in [0.25, 0.3) is 55.3 Å². The first-order valence-electron chi connectivity index (χ1n) is 22.9. The molecule has 1 saturated carbocycles. The first kappa shape index (κ1) is 35.7. The number of aryl methyl sites for hydroxylation is 1. The van der Waals surface area contributed by atoms with Crippen molar-refractivity contribution in [2.24, 2.45) is 0 Å². The molecule has 13 rings (SSSR count). The molecule has 8 aromatic rings. The topological polar surface area (TPSA) is 19.6 Å². The van der Waals surface area contributed by atoms with E-state index in [-0.39, 0.29) is 23.2 Å². The van der Waals surface area contributed by atoms with Crippen LogP contribution in [-0.2, 0) is 17.3 Å². The number of furan rings is 1. The van der Waals surface area contributed by atoms with E-state index in [0.29, 0.717) is 0 Å². The van der Waals surface area contributed by atoms with Crippen molar-refractivity contribution in [1.29, 1.82) is 0 Å². The van der Waals surface area contributed by atoms with Crippen LogP contribution in [0.3, 0.4) is 0 Å². The number of unbranched alkanes of at least 4 members (excludes halogenated alkanes) is 1. The molecule has 3 nitrogen and oxygen atoms in total. The minimum atomic E-state index is -0.186. The molecule has 4 heterocycles. The number of rotatable bonds is 5. The lowest BCUT2D eigenvalue weighted by atomic mass is 9.41. The normalized spacial score (nSPS) is 21.0. The number of benzene rings is 7. The lowest BCUT2D eigenvalue weighted by Gasteiger charge is -2.55. The van der Waals surface area contributed by atoms with Crippen LogP contribution in [0.15, 0.2) is 138 Å². The van der Waals surface area contributed by atoms with E-state index in [2.05, 4.69) is 178 Å². The quantitative estimate of drug-likeness (QED) is 0.162. The third kappa shape index (κ3) is 4.46. The number of hydrogen-bond donors (Lipinski definition) is 0. The van der Waals surface area contributed by atoms with Crippen molar-refractivity contribution >= 4 is 62.5 Å². The number of fused-ring (bicyclic) bond motifs is 14. The molecule has 298 valence electrons. The predicted molar refractivity (Wildman–Crippen MR) is 257 cm³/mol. The molecule has 1 aromatic heterocycles. The van der Waals surface area contributed by atoms with Crippen molar-refractivity contribution in [1.82, 2.24) is 0 Å². The molecule has 2 aliphatic carbocycles. The fourth-order valence-electron chi connectivity index (χ4n) is 13.2. The second-order valence-electron chi connectivity index (χ2n) is 19.7. The van der Waals surface area contributed by atoms with E-state index in [4.69, 9.17) is 4.42 Å². The predicted octanol–water partition coefficient (Wildman–Crippen LogP) is 13.9. The van der Waals surface area contributed by atoms with Gasteiger partial charge in [0, 0.05) is 61.3 Å². The highest BCUT2D eigenvalue weighted by Crippen LogP contribution is 2.65. The van der Waals surface area contributed by atoms with E-state index in [9.17, 15) is 0 Å². The minimum Gasteiger partial charge on any atom is -0.456 e. The minimum absolute atomic E-state index is 0.0121. The van der Waals surface area contributed by atoms with Crippen LogP contribution in [0.4, 0.5) is 22.7 Å². The highest BCUT2D eigenvalue weighted by atomic mass is 16.3. The van der Waals surface area contributed by atoms with Gasteiger partial charge >= 0.3 is 6.85 Å². The second-order valence-corrected chi connectivity index (χ2v) is 19.7. The molecule has 7 aromatic carbocycles. The molecule has 0 bridgehead atoms. The summed E-state index contributed by atoms with van der Waals surface area (Å²) in [6, 6.07) is 51.3. The van der Waals surface area contributed by atoms with E-state index >= 15 is 0 Å². The molecule has 5 aliphatic rings. The summed E-state index contributed by atoms with van der Waals surface area (Å²) < 4.78 is 6.86. The van der Waals surface area contributed by atoms with Crippen LogP contribution >= 0.6 is 0 Å². The van der Waals surface area contributed by atoms with Gasteiger partial charge in [0.05, 0.1) is 11.4 Å². The van der Waals surface area contributed by atoms with Gasteiger partial charge in [0.1, 0.15) is 11.2 Å². The lowest BCUT2D eigenvalue weighted by Crippen LogP contribution is -2.70. The Hall–Kier alpha value is -6.00. The number of nitrogens with zero attached hydrogens (tertiary/aromatic N) is 2. The van der Waals surface area contributed by atoms with E-state index in [1.807, 2.05) is 0 Å². The van der Waals surface area contributed by atoms with Gasteiger partial charge in [0.2, 0.25) is 0 Å². The lowest BCUT2D eigenvalue weighted by molar-refractivity contribution is 0.199. The Labute approximate surface area is 360 Å². The molecule has 61 heavy (non-hydrogen) atoms. The maximum absolute atomic E-state index is 6.86. The Kier molecular flexibility index (Phi) is 7.21. The highest BCUT2D eigenvalue weighted by molar-refractivity contribution is 6.93. The van der Waals surface area contributed by atoms with Crippen LogP contribution in [0.5, 0.6) is 0 Å². The Balaban J connectivity index is 1.23. The molecule has 0 radical (unpaired) electrons. The number of anilines is 4. The van der Waals surface area contributed by atoms with Crippen molar-refractivity contribution in [3.05, 3.63) is 156 Å². The summed E-state index contributed by atoms with van der Waals surface area (Å²) in [6.07, 6.45) is 8.31. The van der Waals surface area contributed by atoms with Gasteiger partial charge < -0.3 is 14.1 Å². The Morgan fingerprint density at radius 1 is 0.607 bits per heavy atom. The molecule has 1 fully saturated rings. The van der Waals surface area contributed by atoms with E-state index < -0.39 is 0 Å². The van der Waals surface area contributed by atoms with Crippen LogP contribution < -0.4 is 20.6 Å². The van der Waals surface area contributed by atoms with Gasteiger partial charge in [0.25, 0.3) is 0 Å². The smallest absolute Gasteiger partial charge is 0.328 e. The molecular weight excluding hydrogens is 739 g/mol. The zero-order chi connectivity index (χ0) is 41.0. The summed E-state index contributed by atoms with van der Waals surface area (Å²) in [6.45, 7) is 12.4. The van der Waals surface area contributed by atoms with Crippen molar-refractivity contribution < 1.29 is 4.42 Å². The van der Waals surface area contributed by atoms with Gasteiger partial charge in [-0.15, -0.1) is 0 Å². The molecule has 0 saturated heterocycles. The van der Waals surface area contributed by atoms with Gasteiger partial charge in [-0.25, -0.2) is 0 Å². The summed E-state index contributed by atoms with van der Waals surface area (Å²) >= 11 is 0. The highest BCUT2D eigenvalue weighted by Gasteiger charge is 2.63. The standard InChI is InChI=1S/C57H51BN2O/c1-6-7-18-35-27-28-47(40(31-35)36-19-9-8-10-20-36)59-48-34-50-41(37-21-12-14-26-49(37)61-50)33-46(48)58-52-42(32-45-51(54(52)59)39-22-11-13-24-43(39)55(45,2)3)38-23-17-25-44-53(38)60(58)57(5)30-16-15-29-56(44,57)4/h8-14,17,19-28,31-34H,6-7,15-16,18,29-30H2,1-5H3. The Morgan fingerprint density at radius 2 is 1.38 bits per heavy atom. The number of hydrogen-bond acceptors (Lipinski definition) is 3. The number of para-hydroxylation sites is 2. The zero-order valence-electron chi connectivity index (χ0n) is 36.0. The van der Waals surface area contributed by atoms with Gasteiger partial charge in [-0.3, -0.25) is 0 Å². The maximum Gasteiger partial charge on any atom is 0.328 e. The SMILES string of the molecule is CCCCc1ccc(N2c3cc4oc5ccccc5c4cc3B3c4c(cc5c(c42)-c2ccccc2C5(C)C)-c2cccc4c2N3C2(C)CCCCC42C)c(-c2ccccc2)c1. The van der Waals surface area contributed by atoms with E-state index in [1.54, 1.807) is 0 Å². The fraction of sp³-hybridized carbons (Fsp3) is 0.263. The summed E-state index contributed by atoms with van der Waals surface area (Å²) in [7, 11) is 0. The molecule has 0 N–H and O–H groups in total. The average molecular weight is 791 g/mol. The summed E-state index contributed by atoms with van der Waals surface area (Å²) in [4.78, 5) is 5.67. The van der Waals surface area contributed by atoms with E-state index in [1.165, 1.54) is 139 Å². The molecule has 0 spiro atoms. The van der Waals surface area contributed by atoms with Crippen LogP contribution in [0.2, 0.25) is 0 Å². The Bertz CT molecular complexity index is 3180. The molecule has 0 amide bonds.